The number of nitrogens with one attached hydrogen (secondary N) is 1. The van der Waals surface area contributed by atoms with Gasteiger partial charge in [-0.05, 0) is 19.8 Å². The second-order valence-corrected chi connectivity index (χ2v) is 5.05. The SMILES string of the molecule is CCN(CC)C(=O)CNc1nccn(CC(C)C)c1=O. The lowest BCUT2D eigenvalue weighted by molar-refractivity contribution is -0.128. The highest BCUT2D eigenvalue weighted by atomic mass is 16.2. The minimum Gasteiger partial charge on any atom is -0.356 e. The van der Waals surface area contributed by atoms with Gasteiger partial charge in [0.25, 0.3) is 5.56 Å². The summed E-state index contributed by atoms with van der Waals surface area (Å²) in [6.45, 7) is 10.0. The number of carbonyl (C=O) groups is 1. The predicted octanol–water partition coefficient (Wildman–Crippen LogP) is 1.18. The molecule has 0 unspecified atom stereocenters. The summed E-state index contributed by atoms with van der Waals surface area (Å²) in [6, 6.07) is 0. The van der Waals surface area contributed by atoms with E-state index in [9.17, 15) is 9.59 Å². The maximum Gasteiger partial charge on any atom is 0.293 e. The zero-order chi connectivity index (χ0) is 15.1. The van der Waals surface area contributed by atoms with E-state index in [0.29, 0.717) is 25.6 Å². The van der Waals surface area contributed by atoms with Crippen molar-refractivity contribution in [3.63, 3.8) is 0 Å². The van der Waals surface area contributed by atoms with Crippen molar-refractivity contribution in [1.82, 2.24) is 14.5 Å². The van der Waals surface area contributed by atoms with Crippen molar-refractivity contribution in [2.24, 2.45) is 5.92 Å². The molecule has 0 saturated carbocycles. The highest BCUT2D eigenvalue weighted by Gasteiger charge is 2.11. The van der Waals surface area contributed by atoms with Gasteiger partial charge in [-0.2, -0.15) is 0 Å². The molecule has 112 valence electrons. The molecule has 0 aliphatic heterocycles. The van der Waals surface area contributed by atoms with Gasteiger partial charge in [-0.25, -0.2) is 4.98 Å². The first-order valence-electron chi connectivity index (χ1n) is 7.06. The number of carbonyl (C=O) groups excluding carboxylic acids is 1. The van der Waals surface area contributed by atoms with Crippen LogP contribution in [-0.2, 0) is 11.3 Å². The molecule has 1 amide bonds. The van der Waals surface area contributed by atoms with Crippen molar-refractivity contribution >= 4 is 11.7 Å². The molecule has 1 aromatic rings. The summed E-state index contributed by atoms with van der Waals surface area (Å²) in [7, 11) is 0. The van der Waals surface area contributed by atoms with Crippen molar-refractivity contribution in [2.75, 3.05) is 25.0 Å². The molecule has 0 saturated heterocycles. The molecule has 6 heteroatoms. The van der Waals surface area contributed by atoms with E-state index in [2.05, 4.69) is 10.3 Å². The van der Waals surface area contributed by atoms with E-state index in [1.165, 1.54) is 0 Å². The van der Waals surface area contributed by atoms with Crippen LogP contribution >= 0.6 is 0 Å². The Morgan fingerprint density at radius 1 is 1.40 bits per heavy atom. The van der Waals surface area contributed by atoms with Gasteiger partial charge in [-0.15, -0.1) is 0 Å². The van der Waals surface area contributed by atoms with Crippen LogP contribution in [0.5, 0.6) is 0 Å². The van der Waals surface area contributed by atoms with Crippen LogP contribution in [0.4, 0.5) is 5.82 Å². The van der Waals surface area contributed by atoms with Gasteiger partial charge in [0.15, 0.2) is 5.82 Å². The number of hydrogen-bond acceptors (Lipinski definition) is 4. The molecule has 6 nitrogen and oxygen atoms in total. The molecule has 0 aliphatic carbocycles. The number of amides is 1. The summed E-state index contributed by atoms with van der Waals surface area (Å²) in [6.07, 6.45) is 3.24. The van der Waals surface area contributed by atoms with E-state index < -0.39 is 0 Å². The normalized spacial score (nSPS) is 10.7. The first kappa shape index (κ1) is 16.2. The molecule has 0 fully saturated rings. The van der Waals surface area contributed by atoms with Gasteiger partial charge >= 0.3 is 0 Å². The lowest BCUT2D eigenvalue weighted by Crippen LogP contribution is -2.36. The van der Waals surface area contributed by atoms with Gasteiger partial charge in [0.2, 0.25) is 5.91 Å². The molecule has 0 radical (unpaired) electrons. The van der Waals surface area contributed by atoms with Gasteiger partial charge in [-0.3, -0.25) is 9.59 Å². The van der Waals surface area contributed by atoms with Crippen LogP contribution in [0.1, 0.15) is 27.7 Å². The standard InChI is InChI=1S/C14H24N4O2/c1-5-17(6-2)12(19)9-16-13-14(20)18(8-7-15-13)10-11(3)4/h7-8,11H,5-6,9-10H2,1-4H3,(H,15,16). The van der Waals surface area contributed by atoms with Crippen LogP contribution in [0.15, 0.2) is 17.2 Å². The molecule has 1 rings (SSSR count). The summed E-state index contributed by atoms with van der Waals surface area (Å²) in [5.74, 6) is 0.573. The highest BCUT2D eigenvalue weighted by Crippen LogP contribution is 1.99. The molecule has 1 N–H and O–H groups in total. The fourth-order valence-electron chi connectivity index (χ4n) is 1.95. The largest absolute Gasteiger partial charge is 0.356 e. The molecule has 0 spiro atoms. The van der Waals surface area contributed by atoms with E-state index >= 15 is 0 Å². The summed E-state index contributed by atoms with van der Waals surface area (Å²) >= 11 is 0. The molecular weight excluding hydrogens is 256 g/mol. The Kier molecular flexibility index (Phi) is 6.21. The maximum atomic E-state index is 12.1. The van der Waals surface area contributed by atoms with E-state index in [4.69, 9.17) is 0 Å². The number of anilines is 1. The van der Waals surface area contributed by atoms with E-state index in [1.807, 2.05) is 27.7 Å². The fraction of sp³-hybridized carbons (Fsp3) is 0.643. The van der Waals surface area contributed by atoms with Crippen molar-refractivity contribution in [3.05, 3.63) is 22.7 Å². The highest BCUT2D eigenvalue weighted by molar-refractivity contribution is 5.80. The Balaban J connectivity index is 2.74. The first-order chi connectivity index (χ1) is 9.49. The minimum atomic E-state index is -0.187. The summed E-state index contributed by atoms with van der Waals surface area (Å²) in [4.78, 5) is 29.7. The van der Waals surface area contributed by atoms with E-state index in [-0.39, 0.29) is 23.8 Å². The van der Waals surface area contributed by atoms with E-state index in [1.54, 1.807) is 21.9 Å². The number of likely N-dealkylation sites (N-methyl/N-ethyl adjacent to an activating group) is 1. The molecule has 0 aromatic carbocycles. The maximum absolute atomic E-state index is 12.1. The van der Waals surface area contributed by atoms with Crippen LogP contribution in [0, 0.1) is 5.92 Å². The molecule has 0 atom stereocenters. The monoisotopic (exact) mass is 280 g/mol. The quantitative estimate of drug-likeness (QED) is 0.814. The lowest BCUT2D eigenvalue weighted by atomic mass is 10.2. The Labute approximate surface area is 119 Å². The number of nitrogens with zero attached hydrogens (tertiary/aromatic N) is 3. The molecule has 20 heavy (non-hydrogen) atoms. The second kappa shape index (κ2) is 7.67. The third-order valence-corrected chi connectivity index (χ3v) is 3.00. The third-order valence-electron chi connectivity index (χ3n) is 3.00. The first-order valence-corrected chi connectivity index (χ1v) is 7.06. The molecule has 1 heterocycles. The average molecular weight is 280 g/mol. The topological polar surface area (TPSA) is 67.2 Å². The Bertz CT molecular complexity index is 492. The number of rotatable bonds is 7. The van der Waals surface area contributed by atoms with Crippen LogP contribution in [0.3, 0.4) is 0 Å². The van der Waals surface area contributed by atoms with Gasteiger partial charge in [0.1, 0.15) is 0 Å². The Morgan fingerprint density at radius 2 is 2.05 bits per heavy atom. The fourth-order valence-corrected chi connectivity index (χ4v) is 1.95. The Hall–Kier alpha value is -1.85. The van der Waals surface area contributed by atoms with Crippen molar-refractivity contribution in [2.45, 2.75) is 34.2 Å². The van der Waals surface area contributed by atoms with Crippen LogP contribution in [0.2, 0.25) is 0 Å². The smallest absolute Gasteiger partial charge is 0.293 e. The Morgan fingerprint density at radius 3 is 2.60 bits per heavy atom. The lowest BCUT2D eigenvalue weighted by Gasteiger charge is -2.19. The van der Waals surface area contributed by atoms with Crippen LogP contribution in [-0.4, -0.2) is 40.0 Å². The third kappa shape index (κ3) is 4.36. The molecule has 0 bridgehead atoms. The van der Waals surface area contributed by atoms with Gasteiger partial charge in [0, 0.05) is 32.0 Å². The van der Waals surface area contributed by atoms with Crippen molar-refractivity contribution in [1.29, 1.82) is 0 Å². The van der Waals surface area contributed by atoms with Crippen LogP contribution < -0.4 is 10.9 Å². The molecule has 1 aromatic heterocycles. The van der Waals surface area contributed by atoms with Gasteiger partial charge in [-0.1, -0.05) is 13.8 Å². The van der Waals surface area contributed by atoms with Crippen LogP contribution in [0.25, 0.3) is 0 Å². The molecule has 0 aliphatic rings. The molecular formula is C14H24N4O2. The summed E-state index contributed by atoms with van der Waals surface area (Å²) < 4.78 is 1.61. The van der Waals surface area contributed by atoms with E-state index in [0.717, 1.165) is 0 Å². The average Bonchev–Trinajstić information content (AvgIpc) is 2.40. The zero-order valence-corrected chi connectivity index (χ0v) is 12.7. The zero-order valence-electron chi connectivity index (χ0n) is 12.7. The minimum absolute atomic E-state index is 0.0320. The van der Waals surface area contributed by atoms with Gasteiger partial charge in [0.05, 0.1) is 6.54 Å². The van der Waals surface area contributed by atoms with Gasteiger partial charge < -0.3 is 14.8 Å². The summed E-state index contributed by atoms with van der Waals surface area (Å²) in [5.41, 5.74) is -0.187. The van der Waals surface area contributed by atoms with Crippen molar-refractivity contribution < 1.29 is 4.79 Å². The second-order valence-electron chi connectivity index (χ2n) is 5.05. The predicted molar refractivity (Wildman–Crippen MR) is 79.8 cm³/mol. The number of aromatic nitrogens is 2. The summed E-state index contributed by atoms with van der Waals surface area (Å²) in [5, 5.41) is 2.84. The van der Waals surface area contributed by atoms with Crippen molar-refractivity contribution in [3.8, 4) is 0 Å². The number of hydrogen-bond donors (Lipinski definition) is 1.